The molecule has 1 aromatic rings. The van der Waals surface area contributed by atoms with E-state index in [1.54, 1.807) is 0 Å². The summed E-state index contributed by atoms with van der Waals surface area (Å²) in [5.41, 5.74) is -0.0608. The van der Waals surface area contributed by atoms with E-state index in [2.05, 4.69) is 14.9 Å². The molecule has 0 amide bonds. The van der Waals surface area contributed by atoms with Crippen molar-refractivity contribution < 1.29 is 13.4 Å². The zero-order chi connectivity index (χ0) is 8.27. The van der Waals surface area contributed by atoms with Gasteiger partial charge in [0.25, 0.3) is 6.43 Å². The third kappa shape index (κ3) is 1.72. The maximum absolute atomic E-state index is 12.0. The Morgan fingerprint density at radius 3 is 2.73 bits per heavy atom. The van der Waals surface area contributed by atoms with Crippen molar-refractivity contribution in [1.82, 2.24) is 10.3 Å². The van der Waals surface area contributed by atoms with Gasteiger partial charge >= 0.3 is 0 Å². The summed E-state index contributed by atoms with van der Waals surface area (Å²) in [6, 6.07) is 0. The normalized spacial score (nSPS) is 10.9. The molecule has 0 saturated heterocycles. The first kappa shape index (κ1) is 8.10. The zero-order valence-corrected chi connectivity index (χ0v) is 6.05. The lowest BCUT2D eigenvalue weighted by molar-refractivity contribution is 0.138. The van der Waals surface area contributed by atoms with Gasteiger partial charge in [-0.2, -0.15) is 0 Å². The summed E-state index contributed by atoms with van der Waals surface area (Å²) >= 11 is 0. The molecule has 0 bridgehead atoms. The Kier molecular flexibility index (Phi) is 2.51. The molecule has 0 aliphatic heterocycles. The summed E-state index contributed by atoms with van der Waals surface area (Å²) < 4.78 is 28.2. The van der Waals surface area contributed by atoms with E-state index in [-0.39, 0.29) is 11.4 Å². The van der Waals surface area contributed by atoms with E-state index in [9.17, 15) is 8.78 Å². The highest BCUT2D eigenvalue weighted by Gasteiger charge is 2.18. The predicted molar refractivity (Wildman–Crippen MR) is 33.2 cm³/mol. The minimum absolute atomic E-state index is 0.266. The number of hydrogen-bond acceptors (Lipinski definition) is 3. The van der Waals surface area contributed by atoms with Crippen molar-refractivity contribution in [1.29, 1.82) is 0 Å². The largest absolute Gasteiger partial charge is 0.285 e. The Morgan fingerprint density at radius 2 is 2.18 bits per heavy atom. The average Bonchev–Trinajstić information content (AvgIpc) is 2.36. The Hall–Kier alpha value is -1.00. The van der Waals surface area contributed by atoms with E-state index < -0.39 is 6.43 Å². The van der Waals surface area contributed by atoms with Crippen LogP contribution in [0.25, 0.3) is 0 Å². The highest BCUT2D eigenvalue weighted by Crippen LogP contribution is 2.19. The van der Waals surface area contributed by atoms with Gasteiger partial charge in [-0.05, 0) is 11.6 Å². The molecule has 5 heteroatoms. The van der Waals surface area contributed by atoms with E-state index in [0.717, 1.165) is 6.42 Å². The third-order valence-corrected chi connectivity index (χ3v) is 1.28. The lowest BCUT2D eigenvalue weighted by atomic mass is 10.2. The summed E-state index contributed by atoms with van der Waals surface area (Å²) in [7, 11) is 0. The SMILES string of the molecule is CCCc1nonc1C(F)F. The van der Waals surface area contributed by atoms with Crippen LogP contribution >= 0.6 is 0 Å². The number of hydrogen-bond donors (Lipinski definition) is 0. The number of nitrogens with zero attached hydrogens (tertiary/aromatic N) is 2. The van der Waals surface area contributed by atoms with Crippen molar-refractivity contribution in [3.63, 3.8) is 0 Å². The van der Waals surface area contributed by atoms with Crippen LogP contribution in [-0.4, -0.2) is 10.3 Å². The molecule has 0 unspecified atom stereocenters. The third-order valence-electron chi connectivity index (χ3n) is 1.28. The van der Waals surface area contributed by atoms with E-state index in [0.29, 0.717) is 6.42 Å². The molecule has 1 rings (SSSR count). The highest BCUT2D eigenvalue weighted by molar-refractivity contribution is 5.08. The molecule has 11 heavy (non-hydrogen) atoms. The molecular weight excluding hydrogens is 154 g/mol. The smallest absolute Gasteiger partial charge is 0.244 e. The summed E-state index contributed by atoms with van der Waals surface area (Å²) in [5.74, 6) is 0. The van der Waals surface area contributed by atoms with Gasteiger partial charge in [-0.25, -0.2) is 13.4 Å². The Bertz CT molecular complexity index is 224. The molecule has 0 aromatic carbocycles. The van der Waals surface area contributed by atoms with Gasteiger partial charge in [-0.1, -0.05) is 18.5 Å². The van der Waals surface area contributed by atoms with Crippen LogP contribution in [0.3, 0.4) is 0 Å². The Balaban J connectivity index is 2.78. The second-order valence-electron chi connectivity index (χ2n) is 2.15. The van der Waals surface area contributed by atoms with Gasteiger partial charge in [0.2, 0.25) is 0 Å². The van der Waals surface area contributed by atoms with Crippen molar-refractivity contribution in [2.75, 3.05) is 0 Å². The van der Waals surface area contributed by atoms with Crippen molar-refractivity contribution in [2.24, 2.45) is 0 Å². The van der Waals surface area contributed by atoms with Gasteiger partial charge in [0, 0.05) is 0 Å². The second-order valence-corrected chi connectivity index (χ2v) is 2.15. The van der Waals surface area contributed by atoms with Gasteiger partial charge in [0.1, 0.15) is 5.69 Å². The molecule has 0 aliphatic rings. The monoisotopic (exact) mass is 162 g/mol. The maximum atomic E-state index is 12.0. The fraction of sp³-hybridized carbons (Fsp3) is 0.667. The van der Waals surface area contributed by atoms with Crippen molar-refractivity contribution >= 4 is 0 Å². The van der Waals surface area contributed by atoms with Crippen LogP contribution in [0.4, 0.5) is 8.78 Å². The van der Waals surface area contributed by atoms with Crippen LogP contribution < -0.4 is 0 Å². The lowest BCUT2D eigenvalue weighted by Gasteiger charge is -1.93. The number of halogens is 2. The quantitative estimate of drug-likeness (QED) is 0.681. The topological polar surface area (TPSA) is 38.9 Å². The first-order valence-electron chi connectivity index (χ1n) is 3.35. The van der Waals surface area contributed by atoms with Crippen molar-refractivity contribution in [2.45, 2.75) is 26.2 Å². The molecule has 3 nitrogen and oxygen atoms in total. The van der Waals surface area contributed by atoms with Gasteiger partial charge < -0.3 is 0 Å². The van der Waals surface area contributed by atoms with Crippen LogP contribution in [0, 0.1) is 0 Å². The molecule has 0 N–H and O–H groups in total. The number of aryl methyl sites for hydroxylation is 1. The summed E-state index contributed by atoms with van der Waals surface area (Å²) in [4.78, 5) is 0. The molecule has 0 atom stereocenters. The molecule has 0 aliphatic carbocycles. The molecule has 0 spiro atoms. The first-order chi connectivity index (χ1) is 5.25. The summed E-state index contributed by atoms with van der Waals surface area (Å²) in [6.07, 6.45) is -1.33. The van der Waals surface area contributed by atoms with Crippen LogP contribution in [0.15, 0.2) is 4.63 Å². The molecule has 0 radical (unpaired) electrons. The molecule has 1 heterocycles. The highest BCUT2D eigenvalue weighted by atomic mass is 19.3. The fourth-order valence-electron chi connectivity index (χ4n) is 0.789. The molecule has 62 valence electrons. The predicted octanol–water partition coefficient (Wildman–Crippen LogP) is 1.96. The van der Waals surface area contributed by atoms with E-state index in [1.807, 2.05) is 6.92 Å². The van der Waals surface area contributed by atoms with E-state index >= 15 is 0 Å². The summed E-state index contributed by atoms with van der Waals surface area (Å²) in [6.45, 7) is 1.88. The first-order valence-corrected chi connectivity index (χ1v) is 3.35. The van der Waals surface area contributed by atoms with Crippen LogP contribution in [0.5, 0.6) is 0 Å². The Labute approximate surface area is 62.4 Å². The molecular formula is C6H8F2N2O. The number of rotatable bonds is 3. The Morgan fingerprint density at radius 1 is 1.45 bits per heavy atom. The van der Waals surface area contributed by atoms with Crippen LogP contribution in [-0.2, 0) is 6.42 Å². The standard InChI is InChI=1S/C6H8F2N2O/c1-2-3-4-5(6(7)8)10-11-9-4/h6H,2-3H2,1H3. The van der Waals surface area contributed by atoms with Crippen molar-refractivity contribution in [3.8, 4) is 0 Å². The van der Waals surface area contributed by atoms with Crippen LogP contribution in [0.1, 0.15) is 31.2 Å². The van der Waals surface area contributed by atoms with Gasteiger partial charge in [0.05, 0.1) is 0 Å². The zero-order valence-electron chi connectivity index (χ0n) is 6.05. The van der Waals surface area contributed by atoms with E-state index in [1.165, 1.54) is 0 Å². The second kappa shape index (κ2) is 3.41. The lowest BCUT2D eigenvalue weighted by Crippen LogP contribution is -1.92. The number of aromatic nitrogens is 2. The van der Waals surface area contributed by atoms with Gasteiger partial charge in [0.15, 0.2) is 5.69 Å². The van der Waals surface area contributed by atoms with Crippen molar-refractivity contribution in [3.05, 3.63) is 11.4 Å². The van der Waals surface area contributed by atoms with Gasteiger partial charge in [-0.15, -0.1) is 0 Å². The molecule has 0 saturated carbocycles. The van der Waals surface area contributed by atoms with E-state index in [4.69, 9.17) is 0 Å². The average molecular weight is 162 g/mol. The number of alkyl halides is 2. The van der Waals surface area contributed by atoms with Crippen LogP contribution in [0.2, 0.25) is 0 Å². The maximum Gasteiger partial charge on any atom is 0.285 e. The fourth-order valence-corrected chi connectivity index (χ4v) is 0.789. The molecule has 0 fully saturated rings. The minimum Gasteiger partial charge on any atom is -0.244 e. The van der Waals surface area contributed by atoms with Gasteiger partial charge in [-0.3, -0.25) is 0 Å². The molecule has 1 aromatic heterocycles. The minimum atomic E-state index is -2.58. The summed E-state index contributed by atoms with van der Waals surface area (Å²) in [5, 5.41) is 6.46.